The molecular formula is C25H28N2O5S. The second kappa shape index (κ2) is 10.9. The van der Waals surface area contributed by atoms with Crippen LogP contribution in [0, 0.1) is 0 Å². The molecule has 0 spiro atoms. The number of nitrogens with one attached hydrogen (secondary N) is 1. The minimum atomic E-state index is -3.99. The molecule has 0 aromatic heterocycles. The van der Waals surface area contributed by atoms with Gasteiger partial charge in [-0.1, -0.05) is 43.3 Å². The van der Waals surface area contributed by atoms with Crippen LogP contribution >= 0.6 is 0 Å². The summed E-state index contributed by atoms with van der Waals surface area (Å²) in [6.45, 7) is 1.58. The number of carbonyl (C=O) groups is 1. The molecule has 0 heterocycles. The van der Waals surface area contributed by atoms with E-state index in [-0.39, 0.29) is 17.5 Å². The van der Waals surface area contributed by atoms with E-state index in [1.165, 1.54) is 19.2 Å². The van der Waals surface area contributed by atoms with E-state index in [1.54, 1.807) is 49.6 Å². The maximum atomic E-state index is 13.5. The lowest BCUT2D eigenvalue weighted by molar-refractivity contribution is -0.120. The maximum Gasteiger partial charge on any atom is 0.264 e. The summed E-state index contributed by atoms with van der Waals surface area (Å²) in [5, 5.41) is 2.96. The second-order valence-electron chi connectivity index (χ2n) is 7.33. The zero-order valence-corrected chi connectivity index (χ0v) is 19.7. The number of anilines is 1. The first-order valence-electron chi connectivity index (χ1n) is 10.5. The molecule has 1 amide bonds. The minimum absolute atomic E-state index is 0.0998. The van der Waals surface area contributed by atoms with Crippen LogP contribution < -0.4 is 19.1 Å². The molecule has 7 nitrogen and oxygen atoms in total. The van der Waals surface area contributed by atoms with Gasteiger partial charge in [-0.3, -0.25) is 9.10 Å². The molecule has 8 heteroatoms. The van der Waals surface area contributed by atoms with E-state index in [2.05, 4.69) is 5.32 Å². The molecule has 0 saturated heterocycles. The van der Waals surface area contributed by atoms with Crippen LogP contribution in [-0.4, -0.2) is 35.1 Å². The third-order valence-corrected chi connectivity index (χ3v) is 7.01. The van der Waals surface area contributed by atoms with E-state index in [0.717, 1.165) is 15.6 Å². The highest BCUT2D eigenvalue weighted by Gasteiger charge is 2.28. The fraction of sp³-hybridized carbons (Fsp3) is 0.240. The van der Waals surface area contributed by atoms with Crippen molar-refractivity contribution in [3.05, 3.63) is 84.4 Å². The Balaban J connectivity index is 1.89. The van der Waals surface area contributed by atoms with Crippen LogP contribution in [0.5, 0.6) is 11.5 Å². The first-order valence-corrected chi connectivity index (χ1v) is 12.0. The third-order valence-electron chi connectivity index (χ3n) is 5.22. The number of nitrogens with zero attached hydrogens (tertiary/aromatic N) is 1. The van der Waals surface area contributed by atoms with Gasteiger partial charge in [-0.15, -0.1) is 0 Å². The molecule has 0 fully saturated rings. The lowest BCUT2D eigenvalue weighted by Gasteiger charge is -2.26. The van der Waals surface area contributed by atoms with E-state index in [9.17, 15) is 13.2 Å². The van der Waals surface area contributed by atoms with Crippen molar-refractivity contribution < 1.29 is 22.7 Å². The maximum absolute atomic E-state index is 13.5. The van der Waals surface area contributed by atoms with Gasteiger partial charge in [0.15, 0.2) is 0 Å². The molecule has 3 rings (SSSR count). The first kappa shape index (κ1) is 24.1. The molecule has 0 aliphatic carbocycles. The van der Waals surface area contributed by atoms with E-state index in [1.807, 2.05) is 31.2 Å². The molecule has 0 bridgehead atoms. The molecular weight excluding hydrogens is 440 g/mol. The molecule has 0 unspecified atom stereocenters. The SMILES string of the molecule is CC[C@@H](NC(=O)CN(c1cccc(OC)c1)S(=O)(=O)c1ccccc1)c1ccc(OC)cc1. The molecule has 3 aromatic rings. The van der Waals surface area contributed by atoms with E-state index >= 15 is 0 Å². The van der Waals surface area contributed by atoms with Crippen molar-refractivity contribution in [3.63, 3.8) is 0 Å². The molecule has 0 aliphatic rings. The molecule has 0 aliphatic heterocycles. The number of hydrogen-bond donors (Lipinski definition) is 1. The molecule has 0 radical (unpaired) electrons. The van der Waals surface area contributed by atoms with Gasteiger partial charge in [0, 0.05) is 6.07 Å². The molecule has 174 valence electrons. The summed E-state index contributed by atoms with van der Waals surface area (Å²) in [5.41, 5.74) is 1.25. The van der Waals surface area contributed by atoms with Crippen LogP contribution in [0.3, 0.4) is 0 Å². The fourth-order valence-corrected chi connectivity index (χ4v) is 4.86. The highest BCUT2D eigenvalue weighted by molar-refractivity contribution is 7.92. The number of ether oxygens (including phenoxy) is 2. The summed E-state index contributed by atoms with van der Waals surface area (Å²) >= 11 is 0. The Morgan fingerprint density at radius 2 is 1.58 bits per heavy atom. The highest BCUT2D eigenvalue weighted by atomic mass is 32.2. The van der Waals surface area contributed by atoms with Gasteiger partial charge in [0.25, 0.3) is 10.0 Å². The average Bonchev–Trinajstić information content (AvgIpc) is 2.86. The zero-order valence-electron chi connectivity index (χ0n) is 18.9. The Hall–Kier alpha value is -3.52. The van der Waals surface area contributed by atoms with Gasteiger partial charge in [0.05, 0.1) is 30.8 Å². The Labute approximate surface area is 195 Å². The quantitative estimate of drug-likeness (QED) is 0.483. The van der Waals surface area contributed by atoms with Gasteiger partial charge >= 0.3 is 0 Å². The van der Waals surface area contributed by atoms with Crippen LogP contribution in [0.15, 0.2) is 83.8 Å². The number of benzene rings is 3. The van der Waals surface area contributed by atoms with Gasteiger partial charge in [0.2, 0.25) is 5.91 Å². The van der Waals surface area contributed by atoms with Gasteiger partial charge in [-0.05, 0) is 48.4 Å². The number of rotatable bonds is 10. The number of hydrogen-bond acceptors (Lipinski definition) is 5. The normalized spacial score (nSPS) is 12.0. The van der Waals surface area contributed by atoms with Gasteiger partial charge in [-0.2, -0.15) is 0 Å². The van der Waals surface area contributed by atoms with Gasteiger partial charge < -0.3 is 14.8 Å². The predicted octanol–water partition coefficient (Wildman–Crippen LogP) is 4.17. The second-order valence-corrected chi connectivity index (χ2v) is 9.19. The van der Waals surface area contributed by atoms with Crippen molar-refractivity contribution in [3.8, 4) is 11.5 Å². The topological polar surface area (TPSA) is 84.9 Å². The highest BCUT2D eigenvalue weighted by Crippen LogP contribution is 2.27. The first-order chi connectivity index (χ1) is 15.9. The molecule has 0 saturated carbocycles. The van der Waals surface area contributed by atoms with Crippen LogP contribution in [0.4, 0.5) is 5.69 Å². The lowest BCUT2D eigenvalue weighted by Crippen LogP contribution is -2.42. The molecule has 1 N–H and O–H groups in total. The number of sulfonamides is 1. The summed E-state index contributed by atoms with van der Waals surface area (Å²) in [5.74, 6) is 0.795. The fourth-order valence-electron chi connectivity index (χ4n) is 3.43. The van der Waals surface area contributed by atoms with Crippen molar-refractivity contribution in [2.24, 2.45) is 0 Å². The van der Waals surface area contributed by atoms with Crippen molar-refractivity contribution in [2.75, 3.05) is 25.1 Å². The summed E-state index contributed by atoms with van der Waals surface area (Å²) in [7, 11) is -0.896. The van der Waals surface area contributed by atoms with E-state index in [4.69, 9.17) is 9.47 Å². The summed E-state index contributed by atoms with van der Waals surface area (Å²) in [6.07, 6.45) is 0.642. The van der Waals surface area contributed by atoms with Crippen molar-refractivity contribution in [2.45, 2.75) is 24.3 Å². The Kier molecular flexibility index (Phi) is 7.95. The predicted molar refractivity (Wildman–Crippen MR) is 128 cm³/mol. The third kappa shape index (κ3) is 5.84. The van der Waals surface area contributed by atoms with Crippen LogP contribution in [-0.2, 0) is 14.8 Å². The summed E-state index contributed by atoms with van der Waals surface area (Å²) in [4.78, 5) is 13.2. The number of amides is 1. The van der Waals surface area contributed by atoms with Crippen LogP contribution in [0.1, 0.15) is 24.9 Å². The standard InChI is InChI=1S/C25H28N2O5S/c1-4-24(19-13-15-21(31-2)16-14-19)26-25(28)18-27(20-9-8-10-22(17-20)32-3)33(29,30)23-11-6-5-7-12-23/h5-17,24H,4,18H2,1-3H3,(H,26,28)/t24-/m1/s1. The number of carbonyl (C=O) groups excluding carboxylic acids is 1. The average molecular weight is 469 g/mol. The van der Waals surface area contributed by atoms with E-state index < -0.39 is 15.9 Å². The van der Waals surface area contributed by atoms with Gasteiger partial charge in [0.1, 0.15) is 18.0 Å². The lowest BCUT2D eigenvalue weighted by atomic mass is 10.0. The van der Waals surface area contributed by atoms with Crippen molar-refractivity contribution in [1.29, 1.82) is 0 Å². The Morgan fingerprint density at radius 1 is 0.909 bits per heavy atom. The van der Waals surface area contributed by atoms with Crippen LogP contribution in [0.2, 0.25) is 0 Å². The smallest absolute Gasteiger partial charge is 0.264 e. The van der Waals surface area contributed by atoms with E-state index in [0.29, 0.717) is 17.9 Å². The molecule has 33 heavy (non-hydrogen) atoms. The summed E-state index contributed by atoms with van der Waals surface area (Å²) in [6, 6.07) is 21.8. The Bertz CT molecular complexity index is 1160. The zero-order chi connectivity index (χ0) is 23.8. The summed E-state index contributed by atoms with van der Waals surface area (Å²) < 4.78 is 38.5. The Morgan fingerprint density at radius 3 is 2.18 bits per heavy atom. The van der Waals surface area contributed by atoms with Crippen molar-refractivity contribution in [1.82, 2.24) is 5.32 Å². The monoisotopic (exact) mass is 468 g/mol. The number of methoxy groups -OCH3 is 2. The van der Waals surface area contributed by atoms with Gasteiger partial charge in [-0.25, -0.2) is 8.42 Å². The van der Waals surface area contributed by atoms with Crippen molar-refractivity contribution >= 4 is 21.6 Å². The van der Waals surface area contributed by atoms with Crippen LogP contribution in [0.25, 0.3) is 0 Å². The largest absolute Gasteiger partial charge is 0.497 e. The molecule has 3 aromatic carbocycles. The minimum Gasteiger partial charge on any atom is -0.497 e. The molecule has 1 atom stereocenters.